The molecule has 0 unspecified atom stereocenters. The number of benzene rings is 2. The van der Waals surface area contributed by atoms with E-state index in [9.17, 15) is 4.79 Å². The van der Waals surface area contributed by atoms with Crippen LogP contribution in [0.1, 0.15) is 17.3 Å². The average molecular weight is 374 g/mol. The minimum atomic E-state index is -0.476. The maximum atomic E-state index is 12.6. The Labute approximate surface area is 161 Å². The molecule has 0 amide bonds. The maximum Gasteiger partial charge on any atom is 0.344 e. The van der Waals surface area contributed by atoms with Crippen LogP contribution < -0.4 is 5.32 Å². The second kappa shape index (κ2) is 7.75. The number of anilines is 2. The van der Waals surface area contributed by atoms with Crippen LogP contribution in [0.15, 0.2) is 60.7 Å². The largest absolute Gasteiger partial charge is 0.462 e. The van der Waals surface area contributed by atoms with Gasteiger partial charge in [-0.3, -0.25) is 10.2 Å². The van der Waals surface area contributed by atoms with Crippen molar-refractivity contribution in [2.24, 2.45) is 0 Å². The molecule has 0 spiro atoms. The van der Waals surface area contributed by atoms with E-state index >= 15 is 0 Å². The van der Waals surface area contributed by atoms with Gasteiger partial charge < -0.3 is 10.1 Å². The number of hydrogen-bond donors (Lipinski definition) is 3. The van der Waals surface area contributed by atoms with Crippen LogP contribution in [0.4, 0.5) is 11.8 Å². The summed E-state index contributed by atoms with van der Waals surface area (Å²) in [5.41, 5.74) is 2.60. The van der Waals surface area contributed by atoms with E-state index in [1.54, 1.807) is 6.92 Å². The first-order valence-electron chi connectivity index (χ1n) is 8.82. The SMILES string of the molecule is CCOC(=O)c1c(Nc2n[nH]c(-c3ccccc3)n2)n[nH]c1-c1ccccc1. The van der Waals surface area contributed by atoms with E-state index in [-0.39, 0.29) is 6.61 Å². The number of carbonyl (C=O) groups excluding carboxylic acids is 1. The van der Waals surface area contributed by atoms with E-state index in [2.05, 4.69) is 30.7 Å². The molecule has 0 aliphatic heterocycles. The number of nitrogens with zero attached hydrogens (tertiary/aromatic N) is 3. The summed E-state index contributed by atoms with van der Waals surface area (Å²) < 4.78 is 5.21. The van der Waals surface area contributed by atoms with Gasteiger partial charge in [-0.1, -0.05) is 60.7 Å². The van der Waals surface area contributed by atoms with Gasteiger partial charge in [-0.05, 0) is 6.92 Å². The summed E-state index contributed by atoms with van der Waals surface area (Å²) in [4.78, 5) is 17.0. The Balaban J connectivity index is 1.67. The molecule has 2 aromatic carbocycles. The van der Waals surface area contributed by atoms with Gasteiger partial charge in [0, 0.05) is 11.1 Å². The van der Waals surface area contributed by atoms with Gasteiger partial charge in [-0.15, -0.1) is 5.10 Å². The van der Waals surface area contributed by atoms with E-state index in [1.807, 2.05) is 60.7 Å². The fraction of sp³-hybridized carbons (Fsp3) is 0.100. The molecule has 0 saturated heterocycles. The van der Waals surface area contributed by atoms with Gasteiger partial charge in [0.15, 0.2) is 11.6 Å². The summed E-state index contributed by atoms with van der Waals surface area (Å²) in [6.07, 6.45) is 0. The molecule has 0 saturated carbocycles. The van der Waals surface area contributed by atoms with Crippen LogP contribution in [-0.2, 0) is 4.74 Å². The zero-order valence-electron chi connectivity index (χ0n) is 15.1. The molecule has 2 heterocycles. The first-order valence-corrected chi connectivity index (χ1v) is 8.82. The Morgan fingerprint density at radius 3 is 2.32 bits per heavy atom. The Kier molecular flexibility index (Phi) is 4.83. The Morgan fingerprint density at radius 1 is 0.964 bits per heavy atom. The first-order chi connectivity index (χ1) is 13.8. The van der Waals surface area contributed by atoms with Crippen LogP contribution in [0.5, 0.6) is 0 Å². The summed E-state index contributed by atoms with van der Waals surface area (Å²) in [7, 11) is 0. The van der Waals surface area contributed by atoms with Crippen LogP contribution in [0.3, 0.4) is 0 Å². The standard InChI is InChI=1S/C20H18N6O2/c1-2-28-19(27)15-16(13-9-5-3-6-10-13)23-25-18(15)22-20-21-17(24-26-20)14-11-7-4-8-12-14/h3-12H,2H2,1H3,(H3,21,22,23,24,25,26). The molecule has 28 heavy (non-hydrogen) atoms. The van der Waals surface area contributed by atoms with Gasteiger partial charge in [0.25, 0.3) is 0 Å². The second-order valence-corrected chi connectivity index (χ2v) is 5.91. The maximum absolute atomic E-state index is 12.6. The number of ether oxygens (including phenoxy) is 1. The van der Waals surface area contributed by atoms with Gasteiger partial charge >= 0.3 is 5.97 Å². The molecule has 0 aliphatic carbocycles. The van der Waals surface area contributed by atoms with Crippen LogP contribution in [0.25, 0.3) is 22.6 Å². The van der Waals surface area contributed by atoms with Gasteiger partial charge in [0.2, 0.25) is 5.95 Å². The lowest BCUT2D eigenvalue weighted by Gasteiger charge is -2.06. The monoisotopic (exact) mass is 374 g/mol. The summed E-state index contributed by atoms with van der Waals surface area (Å²) in [5, 5.41) is 17.2. The molecule has 8 nitrogen and oxygen atoms in total. The summed E-state index contributed by atoms with van der Waals surface area (Å²) in [5.74, 6) is 0.738. The molecule has 0 fully saturated rings. The van der Waals surface area contributed by atoms with Crippen molar-refractivity contribution in [1.29, 1.82) is 0 Å². The van der Waals surface area contributed by atoms with Gasteiger partial charge in [0.1, 0.15) is 5.56 Å². The van der Waals surface area contributed by atoms with Crippen LogP contribution in [0, 0.1) is 0 Å². The lowest BCUT2D eigenvalue weighted by Crippen LogP contribution is -2.08. The van der Waals surface area contributed by atoms with E-state index in [0.29, 0.717) is 28.8 Å². The second-order valence-electron chi connectivity index (χ2n) is 5.91. The number of hydrogen-bond acceptors (Lipinski definition) is 6. The summed E-state index contributed by atoms with van der Waals surface area (Å²) >= 11 is 0. The summed E-state index contributed by atoms with van der Waals surface area (Å²) in [6.45, 7) is 2.02. The molecule has 4 aromatic rings. The normalized spacial score (nSPS) is 10.6. The third kappa shape index (κ3) is 3.48. The number of aromatic amines is 2. The third-order valence-corrected chi connectivity index (χ3v) is 4.07. The van der Waals surface area contributed by atoms with Crippen molar-refractivity contribution in [2.45, 2.75) is 6.92 Å². The van der Waals surface area contributed by atoms with Crippen molar-refractivity contribution >= 4 is 17.7 Å². The fourth-order valence-electron chi connectivity index (χ4n) is 2.80. The quantitative estimate of drug-likeness (QED) is 0.443. The predicted octanol–water partition coefficient (Wildman–Crippen LogP) is 3.78. The Bertz CT molecular complexity index is 1070. The molecule has 3 N–H and O–H groups in total. The highest BCUT2D eigenvalue weighted by molar-refractivity contribution is 6.01. The van der Waals surface area contributed by atoms with Crippen molar-refractivity contribution in [3.63, 3.8) is 0 Å². The highest BCUT2D eigenvalue weighted by atomic mass is 16.5. The van der Waals surface area contributed by atoms with Crippen molar-refractivity contribution in [1.82, 2.24) is 25.4 Å². The van der Waals surface area contributed by atoms with E-state index in [0.717, 1.165) is 11.1 Å². The van der Waals surface area contributed by atoms with Crippen molar-refractivity contribution in [3.8, 4) is 22.6 Å². The first kappa shape index (κ1) is 17.5. The lowest BCUT2D eigenvalue weighted by atomic mass is 10.1. The van der Waals surface area contributed by atoms with Gasteiger partial charge in [-0.25, -0.2) is 4.79 Å². The number of H-pyrrole nitrogens is 2. The van der Waals surface area contributed by atoms with E-state index in [4.69, 9.17) is 4.74 Å². The summed E-state index contributed by atoms with van der Waals surface area (Å²) in [6, 6.07) is 19.1. The topological polar surface area (TPSA) is 109 Å². The minimum Gasteiger partial charge on any atom is -0.462 e. The highest BCUT2D eigenvalue weighted by Gasteiger charge is 2.23. The van der Waals surface area contributed by atoms with E-state index < -0.39 is 5.97 Å². The average Bonchev–Trinajstić information content (AvgIpc) is 3.37. The lowest BCUT2D eigenvalue weighted by molar-refractivity contribution is 0.0528. The van der Waals surface area contributed by atoms with Crippen molar-refractivity contribution < 1.29 is 9.53 Å². The van der Waals surface area contributed by atoms with Crippen molar-refractivity contribution in [3.05, 3.63) is 66.2 Å². The van der Waals surface area contributed by atoms with Gasteiger partial charge in [0.05, 0.1) is 12.3 Å². The zero-order chi connectivity index (χ0) is 19.3. The molecule has 0 atom stereocenters. The minimum absolute atomic E-state index is 0.260. The number of esters is 1. The molecular formula is C20H18N6O2. The van der Waals surface area contributed by atoms with Crippen molar-refractivity contribution in [2.75, 3.05) is 11.9 Å². The smallest absolute Gasteiger partial charge is 0.344 e. The molecule has 0 aliphatic rings. The number of carbonyl (C=O) groups is 1. The zero-order valence-corrected chi connectivity index (χ0v) is 15.1. The van der Waals surface area contributed by atoms with Crippen LogP contribution >= 0.6 is 0 Å². The van der Waals surface area contributed by atoms with Gasteiger partial charge in [-0.2, -0.15) is 10.1 Å². The number of aromatic nitrogens is 5. The fourth-order valence-corrected chi connectivity index (χ4v) is 2.80. The Hall–Kier alpha value is -3.94. The number of rotatable bonds is 6. The highest BCUT2D eigenvalue weighted by Crippen LogP contribution is 2.29. The third-order valence-electron chi connectivity index (χ3n) is 4.07. The molecule has 140 valence electrons. The van der Waals surface area contributed by atoms with Crippen LogP contribution in [-0.4, -0.2) is 38.0 Å². The Morgan fingerprint density at radius 2 is 1.64 bits per heavy atom. The van der Waals surface area contributed by atoms with Crippen LogP contribution in [0.2, 0.25) is 0 Å². The van der Waals surface area contributed by atoms with E-state index in [1.165, 1.54) is 0 Å². The molecular weight excluding hydrogens is 356 g/mol. The molecule has 4 rings (SSSR count). The number of nitrogens with one attached hydrogen (secondary N) is 3. The molecule has 2 aromatic heterocycles. The molecule has 0 radical (unpaired) electrons. The molecule has 0 bridgehead atoms. The predicted molar refractivity (Wildman–Crippen MR) is 105 cm³/mol. The molecule has 8 heteroatoms.